The summed E-state index contributed by atoms with van der Waals surface area (Å²) in [6.07, 6.45) is 5.40. The first-order valence-corrected chi connectivity index (χ1v) is 6.95. The van der Waals surface area contributed by atoms with Crippen molar-refractivity contribution >= 4 is 11.3 Å². The fraction of sp³-hybridized carbons (Fsp3) is 0.462. The molecule has 1 atom stereocenters. The molecule has 2 N–H and O–H groups in total. The monoisotopic (exact) mass is 263 g/mol. The summed E-state index contributed by atoms with van der Waals surface area (Å²) in [5.74, 6) is 0.763. The zero-order chi connectivity index (χ0) is 12.7. The van der Waals surface area contributed by atoms with Gasteiger partial charge in [-0.05, 0) is 30.9 Å². The van der Waals surface area contributed by atoms with Crippen LogP contribution in [0.15, 0.2) is 12.3 Å². The molecule has 0 aliphatic heterocycles. The van der Waals surface area contributed by atoms with Gasteiger partial charge in [0.1, 0.15) is 5.69 Å². The second-order valence-corrected chi connectivity index (χ2v) is 5.82. The standard InChI is InChI=1S/C13H17N3OS/c1-16-13(9(17-2)7-15-16)12(14)11-6-8-4-3-5-10(8)18-11/h6-7,12H,3-5,14H2,1-2H3. The highest BCUT2D eigenvalue weighted by Gasteiger charge is 2.23. The number of nitrogens with zero attached hydrogens (tertiary/aromatic N) is 2. The van der Waals surface area contributed by atoms with E-state index < -0.39 is 0 Å². The van der Waals surface area contributed by atoms with Gasteiger partial charge in [-0.3, -0.25) is 4.68 Å². The van der Waals surface area contributed by atoms with E-state index in [1.54, 1.807) is 18.0 Å². The van der Waals surface area contributed by atoms with Crippen molar-refractivity contribution in [3.63, 3.8) is 0 Å². The lowest BCUT2D eigenvalue weighted by Crippen LogP contribution is -2.15. The van der Waals surface area contributed by atoms with Gasteiger partial charge in [0.2, 0.25) is 0 Å². The molecule has 2 aromatic heterocycles. The smallest absolute Gasteiger partial charge is 0.161 e. The van der Waals surface area contributed by atoms with Crippen LogP contribution >= 0.6 is 11.3 Å². The zero-order valence-corrected chi connectivity index (χ0v) is 11.5. The van der Waals surface area contributed by atoms with E-state index in [4.69, 9.17) is 10.5 Å². The molecule has 0 bridgehead atoms. The van der Waals surface area contributed by atoms with E-state index in [1.807, 2.05) is 18.4 Å². The van der Waals surface area contributed by atoms with Crippen molar-refractivity contribution in [2.24, 2.45) is 12.8 Å². The third-order valence-electron chi connectivity index (χ3n) is 3.54. The van der Waals surface area contributed by atoms with E-state index in [-0.39, 0.29) is 6.04 Å². The number of nitrogens with two attached hydrogens (primary N) is 1. The average molecular weight is 263 g/mol. The summed E-state index contributed by atoms with van der Waals surface area (Å²) in [5, 5.41) is 4.21. The lowest BCUT2D eigenvalue weighted by molar-refractivity contribution is 0.406. The van der Waals surface area contributed by atoms with Crippen LogP contribution in [0.5, 0.6) is 5.75 Å². The van der Waals surface area contributed by atoms with Crippen LogP contribution in [0.3, 0.4) is 0 Å². The zero-order valence-electron chi connectivity index (χ0n) is 10.6. The maximum absolute atomic E-state index is 6.37. The van der Waals surface area contributed by atoms with Crippen LogP contribution in [0.4, 0.5) is 0 Å². The maximum atomic E-state index is 6.37. The van der Waals surface area contributed by atoms with E-state index in [9.17, 15) is 0 Å². The van der Waals surface area contributed by atoms with Crippen LogP contribution < -0.4 is 10.5 Å². The number of fused-ring (bicyclic) bond motifs is 1. The van der Waals surface area contributed by atoms with Crippen molar-refractivity contribution < 1.29 is 4.74 Å². The van der Waals surface area contributed by atoms with Crippen molar-refractivity contribution in [2.75, 3.05) is 7.11 Å². The Bertz CT molecular complexity index is 551. The molecule has 96 valence electrons. The molecule has 4 nitrogen and oxygen atoms in total. The van der Waals surface area contributed by atoms with Crippen LogP contribution in [0.2, 0.25) is 0 Å². The first kappa shape index (κ1) is 11.7. The minimum Gasteiger partial charge on any atom is -0.493 e. The van der Waals surface area contributed by atoms with Gasteiger partial charge < -0.3 is 10.5 Å². The molecule has 5 heteroatoms. The molecule has 0 radical (unpaired) electrons. The van der Waals surface area contributed by atoms with Gasteiger partial charge in [-0.1, -0.05) is 0 Å². The Kier molecular flexibility index (Phi) is 2.87. The van der Waals surface area contributed by atoms with Crippen molar-refractivity contribution in [2.45, 2.75) is 25.3 Å². The molecule has 3 rings (SSSR count). The van der Waals surface area contributed by atoms with Crippen LogP contribution in [0.25, 0.3) is 0 Å². The Hall–Kier alpha value is -1.33. The number of aryl methyl sites for hydroxylation is 3. The van der Waals surface area contributed by atoms with Gasteiger partial charge in [0.05, 0.1) is 19.3 Å². The second kappa shape index (κ2) is 4.40. The Labute approximate surface area is 110 Å². The van der Waals surface area contributed by atoms with Crippen molar-refractivity contribution in [1.82, 2.24) is 9.78 Å². The van der Waals surface area contributed by atoms with Crippen LogP contribution in [-0.4, -0.2) is 16.9 Å². The number of thiophene rings is 1. The second-order valence-electron chi connectivity index (χ2n) is 4.65. The van der Waals surface area contributed by atoms with Gasteiger partial charge in [0.25, 0.3) is 0 Å². The fourth-order valence-corrected chi connectivity index (χ4v) is 3.84. The Morgan fingerprint density at radius 1 is 1.50 bits per heavy atom. The van der Waals surface area contributed by atoms with Gasteiger partial charge in [-0.15, -0.1) is 11.3 Å². The van der Waals surface area contributed by atoms with Crippen molar-refractivity contribution in [3.05, 3.63) is 33.3 Å². The van der Waals surface area contributed by atoms with Crippen LogP contribution in [0, 0.1) is 0 Å². The number of hydrogen-bond donors (Lipinski definition) is 1. The molecular formula is C13H17N3OS. The molecule has 18 heavy (non-hydrogen) atoms. The lowest BCUT2D eigenvalue weighted by atomic mass is 10.1. The summed E-state index contributed by atoms with van der Waals surface area (Å²) in [6.45, 7) is 0. The summed E-state index contributed by atoms with van der Waals surface area (Å²) < 4.78 is 7.13. The largest absolute Gasteiger partial charge is 0.493 e. The maximum Gasteiger partial charge on any atom is 0.161 e. The minimum absolute atomic E-state index is 0.150. The van der Waals surface area contributed by atoms with E-state index >= 15 is 0 Å². The Morgan fingerprint density at radius 3 is 3.06 bits per heavy atom. The van der Waals surface area contributed by atoms with Gasteiger partial charge in [0.15, 0.2) is 5.75 Å². The van der Waals surface area contributed by atoms with Crippen molar-refractivity contribution in [1.29, 1.82) is 0 Å². The first-order chi connectivity index (χ1) is 8.70. The molecule has 0 spiro atoms. The highest BCUT2D eigenvalue weighted by molar-refractivity contribution is 7.12. The molecule has 2 aromatic rings. The SMILES string of the molecule is COc1cnn(C)c1C(N)c1cc2c(s1)CCC2. The third kappa shape index (κ3) is 1.74. The van der Waals surface area contributed by atoms with Crippen molar-refractivity contribution in [3.8, 4) is 5.75 Å². The summed E-state index contributed by atoms with van der Waals surface area (Å²) in [6, 6.07) is 2.10. The number of rotatable bonds is 3. The summed E-state index contributed by atoms with van der Waals surface area (Å²) in [4.78, 5) is 2.71. The van der Waals surface area contributed by atoms with E-state index in [1.165, 1.54) is 34.6 Å². The predicted molar refractivity (Wildman–Crippen MR) is 72.1 cm³/mol. The van der Waals surface area contributed by atoms with E-state index in [2.05, 4.69) is 11.2 Å². The van der Waals surface area contributed by atoms with Gasteiger partial charge in [-0.25, -0.2) is 0 Å². The average Bonchev–Trinajstić information content (AvgIpc) is 3.00. The topological polar surface area (TPSA) is 53.1 Å². The Morgan fingerprint density at radius 2 is 2.33 bits per heavy atom. The van der Waals surface area contributed by atoms with Crippen LogP contribution in [0.1, 0.15) is 33.5 Å². The molecule has 1 aliphatic carbocycles. The number of methoxy groups -OCH3 is 1. The fourth-order valence-electron chi connectivity index (χ4n) is 2.58. The Balaban J connectivity index is 1.98. The summed E-state index contributed by atoms with van der Waals surface area (Å²) >= 11 is 1.83. The molecule has 1 unspecified atom stereocenters. The summed E-state index contributed by atoms with van der Waals surface area (Å²) in [7, 11) is 3.56. The van der Waals surface area contributed by atoms with Gasteiger partial charge in [0, 0.05) is 16.8 Å². The predicted octanol–water partition coefficient (Wildman–Crippen LogP) is 2.03. The third-order valence-corrected chi connectivity index (χ3v) is 4.86. The molecule has 1 aliphatic rings. The molecular weight excluding hydrogens is 246 g/mol. The number of aromatic nitrogens is 2. The quantitative estimate of drug-likeness (QED) is 0.922. The molecule has 0 fully saturated rings. The molecule has 2 heterocycles. The molecule has 0 saturated heterocycles. The molecule has 0 amide bonds. The normalized spacial score (nSPS) is 15.7. The van der Waals surface area contributed by atoms with Gasteiger partial charge in [-0.2, -0.15) is 5.10 Å². The summed E-state index contributed by atoms with van der Waals surface area (Å²) in [5.41, 5.74) is 8.79. The minimum atomic E-state index is -0.150. The highest BCUT2D eigenvalue weighted by Crippen LogP contribution is 2.37. The number of ether oxygens (including phenoxy) is 1. The van der Waals surface area contributed by atoms with Gasteiger partial charge >= 0.3 is 0 Å². The van der Waals surface area contributed by atoms with E-state index in [0.29, 0.717) is 0 Å². The lowest BCUT2D eigenvalue weighted by Gasteiger charge is -2.12. The van der Waals surface area contributed by atoms with E-state index in [0.717, 1.165) is 11.4 Å². The molecule has 0 aromatic carbocycles. The van der Waals surface area contributed by atoms with Crippen LogP contribution in [-0.2, 0) is 19.9 Å². The molecule has 0 saturated carbocycles. The number of hydrogen-bond acceptors (Lipinski definition) is 4. The highest BCUT2D eigenvalue weighted by atomic mass is 32.1. The first-order valence-electron chi connectivity index (χ1n) is 6.13.